The standard InChI is InChI=1S/C35H36O7/c1-37-35-33(42-34(36)29-20-12-5-13-21-29)32(40-24-28-18-10-4-11-19-28)31(39-23-27-16-8-3-9-17-27)30(41-35)25-38-22-26-14-6-2-7-15-26/h2-21,30-33,35H,22-25H2,1H3/t30-,31-,32+,33+,35+/m1/s1. The Balaban J connectivity index is 1.41. The van der Waals surface area contributed by atoms with Crippen molar-refractivity contribution in [1.29, 1.82) is 0 Å². The zero-order valence-corrected chi connectivity index (χ0v) is 23.6. The summed E-state index contributed by atoms with van der Waals surface area (Å²) in [6.45, 7) is 1.22. The molecule has 0 spiro atoms. The van der Waals surface area contributed by atoms with Crippen LogP contribution >= 0.6 is 0 Å². The Morgan fingerprint density at radius 2 is 1.10 bits per heavy atom. The van der Waals surface area contributed by atoms with E-state index in [0.29, 0.717) is 18.8 Å². The summed E-state index contributed by atoms with van der Waals surface area (Å²) in [7, 11) is 1.52. The molecule has 0 aromatic heterocycles. The average molecular weight is 569 g/mol. The van der Waals surface area contributed by atoms with Crippen LogP contribution < -0.4 is 0 Å². The number of hydrogen-bond donors (Lipinski definition) is 0. The van der Waals surface area contributed by atoms with Gasteiger partial charge in [-0.25, -0.2) is 4.79 Å². The average Bonchev–Trinajstić information content (AvgIpc) is 3.05. The van der Waals surface area contributed by atoms with Gasteiger partial charge in [0.2, 0.25) is 0 Å². The Morgan fingerprint density at radius 3 is 1.62 bits per heavy atom. The number of rotatable bonds is 13. The van der Waals surface area contributed by atoms with E-state index >= 15 is 0 Å². The van der Waals surface area contributed by atoms with Gasteiger partial charge in [0.05, 0.1) is 32.0 Å². The second-order valence-corrected chi connectivity index (χ2v) is 10.0. The van der Waals surface area contributed by atoms with E-state index in [9.17, 15) is 4.79 Å². The van der Waals surface area contributed by atoms with E-state index in [2.05, 4.69) is 0 Å². The summed E-state index contributed by atoms with van der Waals surface area (Å²) in [5, 5.41) is 0. The lowest BCUT2D eigenvalue weighted by atomic mass is 9.97. The SMILES string of the molecule is CO[C@H]1O[C@H](COCc2ccccc2)[C@@H](OCc2ccccc2)[C@H](OCc2ccccc2)[C@@H]1OC(=O)c1ccccc1. The van der Waals surface area contributed by atoms with Gasteiger partial charge in [-0.15, -0.1) is 0 Å². The van der Waals surface area contributed by atoms with Crippen LogP contribution in [0.3, 0.4) is 0 Å². The summed E-state index contributed by atoms with van der Waals surface area (Å²) in [5.41, 5.74) is 3.44. The van der Waals surface area contributed by atoms with Crippen LogP contribution in [0.1, 0.15) is 27.0 Å². The summed E-state index contributed by atoms with van der Waals surface area (Å²) in [6, 6.07) is 38.5. The van der Waals surface area contributed by atoms with E-state index in [0.717, 1.165) is 16.7 Å². The van der Waals surface area contributed by atoms with E-state index < -0.39 is 36.7 Å². The van der Waals surface area contributed by atoms with Gasteiger partial charge in [0.15, 0.2) is 12.4 Å². The third-order valence-corrected chi connectivity index (χ3v) is 7.04. The Hall–Kier alpha value is -3.85. The quantitative estimate of drug-likeness (QED) is 0.184. The molecule has 7 nitrogen and oxygen atoms in total. The van der Waals surface area contributed by atoms with Crippen LogP contribution in [0, 0.1) is 0 Å². The van der Waals surface area contributed by atoms with E-state index in [-0.39, 0.29) is 13.2 Å². The molecule has 0 saturated carbocycles. The summed E-state index contributed by atoms with van der Waals surface area (Å²) < 4.78 is 37.3. The van der Waals surface area contributed by atoms with Crippen LogP contribution in [0.15, 0.2) is 121 Å². The number of carbonyl (C=O) groups excluding carboxylic acids is 1. The highest BCUT2D eigenvalue weighted by molar-refractivity contribution is 5.89. The highest BCUT2D eigenvalue weighted by atomic mass is 16.7. The monoisotopic (exact) mass is 568 g/mol. The van der Waals surface area contributed by atoms with Crippen molar-refractivity contribution >= 4 is 5.97 Å². The molecule has 0 radical (unpaired) electrons. The normalized spacial score (nSPS) is 22.0. The number of hydrogen-bond acceptors (Lipinski definition) is 7. The first-order valence-corrected chi connectivity index (χ1v) is 14.1. The van der Waals surface area contributed by atoms with Crippen molar-refractivity contribution in [2.75, 3.05) is 13.7 Å². The van der Waals surface area contributed by atoms with Crippen molar-refractivity contribution in [2.24, 2.45) is 0 Å². The van der Waals surface area contributed by atoms with E-state index in [1.165, 1.54) is 7.11 Å². The fourth-order valence-corrected chi connectivity index (χ4v) is 4.89. The Morgan fingerprint density at radius 1 is 0.619 bits per heavy atom. The maximum absolute atomic E-state index is 13.2. The van der Waals surface area contributed by atoms with Gasteiger partial charge in [0.1, 0.15) is 18.3 Å². The van der Waals surface area contributed by atoms with Gasteiger partial charge < -0.3 is 28.4 Å². The lowest BCUT2D eigenvalue weighted by molar-refractivity contribution is -0.312. The molecule has 0 N–H and O–H groups in total. The van der Waals surface area contributed by atoms with Crippen LogP contribution in [0.4, 0.5) is 0 Å². The highest BCUT2D eigenvalue weighted by Crippen LogP contribution is 2.31. The molecule has 0 bridgehead atoms. The van der Waals surface area contributed by atoms with Gasteiger partial charge in [0.25, 0.3) is 0 Å². The van der Waals surface area contributed by atoms with Crippen LogP contribution in [0.2, 0.25) is 0 Å². The molecule has 1 aliphatic rings. The molecule has 4 aromatic carbocycles. The van der Waals surface area contributed by atoms with Gasteiger partial charge in [-0.05, 0) is 28.8 Å². The van der Waals surface area contributed by atoms with Crippen LogP contribution in [-0.2, 0) is 48.2 Å². The van der Waals surface area contributed by atoms with Gasteiger partial charge in [-0.2, -0.15) is 0 Å². The molecule has 4 aromatic rings. The van der Waals surface area contributed by atoms with Crippen molar-refractivity contribution in [3.63, 3.8) is 0 Å². The lowest BCUT2D eigenvalue weighted by Gasteiger charge is -2.45. The zero-order valence-electron chi connectivity index (χ0n) is 23.6. The fourth-order valence-electron chi connectivity index (χ4n) is 4.89. The minimum Gasteiger partial charge on any atom is -0.450 e. The number of carbonyl (C=O) groups is 1. The molecule has 5 rings (SSSR count). The molecule has 0 aliphatic carbocycles. The molecule has 1 fully saturated rings. The maximum atomic E-state index is 13.2. The number of benzene rings is 4. The molecule has 5 atom stereocenters. The number of esters is 1. The van der Waals surface area contributed by atoms with Gasteiger partial charge >= 0.3 is 5.97 Å². The zero-order chi connectivity index (χ0) is 29.0. The molecule has 1 aliphatic heterocycles. The van der Waals surface area contributed by atoms with Gasteiger partial charge in [0, 0.05) is 7.11 Å². The lowest BCUT2D eigenvalue weighted by Crippen LogP contribution is -2.62. The Kier molecular flexibility index (Phi) is 10.9. The molecule has 0 unspecified atom stereocenters. The maximum Gasteiger partial charge on any atom is 0.338 e. The second-order valence-electron chi connectivity index (χ2n) is 10.0. The first-order chi connectivity index (χ1) is 20.7. The third kappa shape index (κ3) is 8.12. The Bertz CT molecular complexity index is 1340. The molecule has 1 saturated heterocycles. The fraction of sp³-hybridized carbons (Fsp3) is 0.286. The minimum atomic E-state index is -0.905. The number of ether oxygens (including phenoxy) is 6. The highest BCUT2D eigenvalue weighted by Gasteiger charge is 2.50. The van der Waals surface area contributed by atoms with Crippen LogP contribution in [0.5, 0.6) is 0 Å². The van der Waals surface area contributed by atoms with Gasteiger partial charge in [-0.1, -0.05) is 109 Å². The second kappa shape index (κ2) is 15.4. The number of methoxy groups -OCH3 is 1. The van der Waals surface area contributed by atoms with Gasteiger partial charge in [-0.3, -0.25) is 0 Å². The Labute approximate surface area is 246 Å². The molecule has 1 heterocycles. The van der Waals surface area contributed by atoms with Crippen LogP contribution in [0.25, 0.3) is 0 Å². The van der Waals surface area contributed by atoms with E-state index in [1.807, 2.05) is 97.1 Å². The molecular weight excluding hydrogens is 532 g/mol. The predicted octanol–water partition coefficient (Wildman–Crippen LogP) is 5.97. The molecular formula is C35H36O7. The van der Waals surface area contributed by atoms with Crippen molar-refractivity contribution in [3.05, 3.63) is 144 Å². The first-order valence-electron chi connectivity index (χ1n) is 14.1. The van der Waals surface area contributed by atoms with Crippen molar-refractivity contribution in [2.45, 2.75) is 50.5 Å². The van der Waals surface area contributed by atoms with Crippen molar-refractivity contribution < 1.29 is 33.2 Å². The van der Waals surface area contributed by atoms with E-state index in [4.69, 9.17) is 28.4 Å². The summed E-state index contributed by atoms with van der Waals surface area (Å²) in [6.07, 6.45) is -3.72. The largest absolute Gasteiger partial charge is 0.450 e. The molecule has 218 valence electrons. The smallest absolute Gasteiger partial charge is 0.338 e. The summed E-state index contributed by atoms with van der Waals surface area (Å²) in [5.74, 6) is -0.500. The summed E-state index contributed by atoms with van der Waals surface area (Å²) in [4.78, 5) is 13.2. The topological polar surface area (TPSA) is 72.5 Å². The molecule has 7 heteroatoms. The first kappa shape index (κ1) is 29.6. The summed E-state index contributed by atoms with van der Waals surface area (Å²) >= 11 is 0. The minimum absolute atomic E-state index is 0.221. The molecule has 0 amide bonds. The van der Waals surface area contributed by atoms with Crippen LogP contribution in [-0.4, -0.2) is 50.4 Å². The van der Waals surface area contributed by atoms with Crippen molar-refractivity contribution in [3.8, 4) is 0 Å². The third-order valence-electron chi connectivity index (χ3n) is 7.04. The predicted molar refractivity (Wildman–Crippen MR) is 157 cm³/mol. The van der Waals surface area contributed by atoms with E-state index in [1.54, 1.807) is 24.3 Å². The molecule has 42 heavy (non-hydrogen) atoms. The van der Waals surface area contributed by atoms with Crippen molar-refractivity contribution in [1.82, 2.24) is 0 Å².